The lowest BCUT2D eigenvalue weighted by atomic mass is 10.0. The number of piperidine rings is 1. The van der Waals surface area contributed by atoms with Crippen LogP contribution in [0.1, 0.15) is 12.8 Å². The van der Waals surface area contributed by atoms with Crippen molar-refractivity contribution in [2.45, 2.75) is 18.9 Å². The Labute approximate surface area is 162 Å². The number of aromatic nitrogens is 3. The highest BCUT2D eigenvalue weighted by atomic mass is 32.1. The van der Waals surface area contributed by atoms with Crippen molar-refractivity contribution < 1.29 is 0 Å². The molecule has 5 nitrogen and oxygen atoms in total. The zero-order valence-electron chi connectivity index (χ0n) is 15.6. The lowest BCUT2D eigenvalue weighted by Gasteiger charge is -2.33. The number of fused-ring (bicyclic) bond motifs is 2. The van der Waals surface area contributed by atoms with E-state index >= 15 is 0 Å². The third-order valence-electron chi connectivity index (χ3n) is 5.50. The molecule has 1 aliphatic heterocycles. The summed E-state index contributed by atoms with van der Waals surface area (Å²) in [6.07, 6.45) is 4.46. The van der Waals surface area contributed by atoms with Gasteiger partial charge in [-0.1, -0.05) is 0 Å². The Balaban J connectivity index is 1.49. The fourth-order valence-electron chi connectivity index (χ4n) is 3.94. The van der Waals surface area contributed by atoms with Crippen molar-refractivity contribution in [3.05, 3.63) is 42.6 Å². The molecule has 6 heteroatoms. The average molecular weight is 378 g/mol. The molecule has 0 spiro atoms. The Morgan fingerprint density at radius 2 is 1.93 bits per heavy atom. The molecule has 3 heterocycles. The number of benzene rings is 2. The van der Waals surface area contributed by atoms with E-state index in [0.29, 0.717) is 6.04 Å². The van der Waals surface area contributed by atoms with Crippen LogP contribution in [0.15, 0.2) is 42.6 Å². The number of aryl methyl sites for hydroxylation is 1. The van der Waals surface area contributed by atoms with Crippen LogP contribution in [0, 0.1) is 0 Å². The molecule has 27 heavy (non-hydrogen) atoms. The third kappa shape index (κ3) is 3.09. The Morgan fingerprint density at radius 1 is 1.11 bits per heavy atom. The van der Waals surface area contributed by atoms with Crippen molar-refractivity contribution in [2.24, 2.45) is 7.05 Å². The van der Waals surface area contributed by atoms with Crippen LogP contribution in [0.5, 0.6) is 0 Å². The van der Waals surface area contributed by atoms with Gasteiger partial charge in [-0.05, 0) is 62.3 Å². The van der Waals surface area contributed by atoms with Gasteiger partial charge in [0.2, 0.25) is 0 Å². The van der Waals surface area contributed by atoms with Crippen molar-refractivity contribution >= 4 is 38.1 Å². The van der Waals surface area contributed by atoms with Gasteiger partial charge in [-0.25, -0.2) is 4.98 Å². The topological polar surface area (TPSA) is 46.0 Å². The molecular formula is C21H23N5S. The summed E-state index contributed by atoms with van der Waals surface area (Å²) in [4.78, 5) is 7.30. The number of hydrogen-bond donors (Lipinski definition) is 1. The minimum Gasteiger partial charge on any atom is -0.371 e. The molecule has 1 N–H and O–H groups in total. The molecule has 2 aromatic heterocycles. The SMILES string of the molecule is CN(c1ccc2nc(-c3ccc4nn(C)cc4c3)sc2c1)C1CCNCC1. The summed E-state index contributed by atoms with van der Waals surface area (Å²) in [5, 5.41) is 10.1. The van der Waals surface area contributed by atoms with Crippen LogP contribution in [0.4, 0.5) is 5.69 Å². The lowest BCUT2D eigenvalue weighted by Crippen LogP contribution is -2.41. The van der Waals surface area contributed by atoms with Crippen molar-refractivity contribution in [3.8, 4) is 10.6 Å². The molecular weight excluding hydrogens is 354 g/mol. The summed E-state index contributed by atoms with van der Waals surface area (Å²) in [6, 6.07) is 13.7. The summed E-state index contributed by atoms with van der Waals surface area (Å²) in [6.45, 7) is 2.22. The fraction of sp³-hybridized carbons (Fsp3) is 0.333. The molecule has 0 saturated carbocycles. The second-order valence-corrected chi connectivity index (χ2v) is 8.37. The first kappa shape index (κ1) is 16.7. The predicted molar refractivity (Wildman–Crippen MR) is 114 cm³/mol. The van der Waals surface area contributed by atoms with E-state index < -0.39 is 0 Å². The van der Waals surface area contributed by atoms with Gasteiger partial charge in [-0.2, -0.15) is 5.10 Å². The molecule has 5 rings (SSSR count). The normalized spacial score (nSPS) is 15.6. The van der Waals surface area contributed by atoms with Crippen LogP contribution < -0.4 is 10.2 Å². The van der Waals surface area contributed by atoms with E-state index in [0.717, 1.165) is 40.1 Å². The van der Waals surface area contributed by atoms with Gasteiger partial charge in [0.05, 0.1) is 15.7 Å². The number of anilines is 1. The second-order valence-electron chi connectivity index (χ2n) is 7.34. The number of nitrogens with zero attached hydrogens (tertiary/aromatic N) is 4. The van der Waals surface area contributed by atoms with Crippen LogP contribution in [-0.4, -0.2) is 40.9 Å². The van der Waals surface area contributed by atoms with Gasteiger partial charge >= 0.3 is 0 Å². The number of nitrogens with one attached hydrogen (secondary N) is 1. The third-order valence-corrected chi connectivity index (χ3v) is 6.57. The first-order valence-corrected chi connectivity index (χ1v) is 10.3. The Morgan fingerprint density at radius 3 is 2.78 bits per heavy atom. The molecule has 0 amide bonds. The second kappa shape index (κ2) is 6.62. The first-order chi connectivity index (χ1) is 13.2. The van der Waals surface area contributed by atoms with E-state index in [1.807, 2.05) is 11.7 Å². The molecule has 0 bridgehead atoms. The van der Waals surface area contributed by atoms with Crippen LogP contribution in [0.25, 0.3) is 31.7 Å². The van der Waals surface area contributed by atoms with Crippen LogP contribution in [0.3, 0.4) is 0 Å². The maximum Gasteiger partial charge on any atom is 0.124 e. The van der Waals surface area contributed by atoms with E-state index in [1.54, 1.807) is 11.3 Å². The highest BCUT2D eigenvalue weighted by Crippen LogP contribution is 2.34. The molecule has 0 aliphatic carbocycles. The minimum absolute atomic E-state index is 0.615. The Bertz CT molecular complexity index is 1110. The Hall–Kier alpha value is -2.44. The molecule has 0 unspecified atom stereocenters. The summed E-state index contributed by atoms with van der Waals surface area (Å²) in [5.41, 5.74) is 4.54. The monoisotopic (exact) mass is 377 g/mol. The lowest BCUT2D eigenvalue weighted by molar-refractivity contribution is 0.443. The standard InChI is InChI=1S/C21H23N5S/c1-25-13-15-11-14(3-5-18(15)24-25)21-23-19-6-4-17(12-20(19)27-21)26(2)16-7-9-22-10-8-16/h3-6,11-13,16,22H,7-10H2,1-2H3. The number of thiazole rings is 1. The van der Waals surface area contributed by atoms with Crippen molar-refractivity contribution in [1.82, 2.24) is 20.1 Å². The maximum absolute atomic E-state index is 4.87. The van der Waals surface area contributed by atoms with Crippen molar-refractivity contribution in [1.29, 1.82) is 0 Å². The molecule has 0 atom stereocenters. The van der Waals surface area contributed by atoms with Gasteiger partial charge in [-0.15, -0.1) is 11.3 Å². The van der Waals surface area contributed by atoms with Gasteiger partial charge < -0.3 is 10.2 Å². The summed E-state index contributed by atoms with van der Waals surface area (Å²) < 4.78 is 3.10. The molecule has 1 aliphatic rings. The molecule has 138 valence electrons. The van der Waals surface area contributed by atoms with Crippen LogP contribution in [-0.2, 0) is 7.05 Å². The molecule has 2 aromatic carbocycles. The minimum atomic E-state index is 0.615. The van der Waals surface area contributed by atoms with Gasteiger partial charge in [0, 0.05) is 43.0 Å². The zero-order valence-corrected chi connectivity index (χ0v) is 16.5. The summed E-state index contributed by atoms with van der Waals surface area (Å²) in [7, 11) is 4.17. The predicted octanol–water partition coefficient (Wildman–Crippen LogP) is 4.04. The molecule has 1 fully saturated rings. The highest BCUT2D eigenvalue weighted by molar-refractivity contribution is 7.21. The van der Waals surface area contributed by atoms with Gasteiger partial charge in [0.1, 0.15) is 5.01 Å². The molecule has 4 aromatic rings. The van der Waals surface area contributed by atoms with E-state index in [9.17, 15) is 0 Å². The van der Waals surface area contributed by atoms with Crippen molar-refractivity contribution in [3.63, 3.8) is 0 Å². The Kier molecular flexibility index (Phi) is 4.10. The highest BCUT2D eigenvalue weighted by Gasteiger charge is 2.19. The van der Waals surface area contributed by atoms with E-state index in [2.05, 4.69) is 65.0 Å². The van der Waals surface area contributed by atoms with Crippen LogP contribution >= 0.6 is 11.3 Å². The van der Waals surface area contributed by atoms with E-state index in [4.69, 9.17) is 4.98 Å². The summed E-state index contributed by atoms with van der Waals surface area (Å²) >= 11 is 1.77. The maximum atomic E-state index is 4.87. The number of hydrogen-bond acceptors (Lipinski definition) is 5. The van der Waals surface area contributed by atoms with Gasteiger partial charge in [-0.3, -0.25) is 4.68 Å². The zero-order chi connectivity index (χ0) is 18.4. The largest absolute Gasteiger partial charge is 0.371 e. The smallest absolute Gasteiger partial charge is 0.124 e. The average Bonchev–Trinajstić information content (AvgIpc) is 3.29. The molecule has 1 saturated heterocycles. The molecule has 0 radical (unpaired) electrons. The summed E-state index contributed by atoms with van der Waals surface area (Å²) in [5.74, 6) is 0. The van der Waals surface area contributed by atoms with E-state index in [-0.39, 0.29) is 0 Å². The van der Waals surface area contributed by atoms with Crippen molar-refractivity contribution in [2.75, 3.05) is 25.0 Å². The fourth-order valence-corrected chi connectivity index (χ4v) is 4.94. The quantitative estimate of drug-likeness (QED) is 0.585. The van der Waals surface area contributed by atoms with E-state index in [1.165, 1.54) is 23.2 Å². The van der Waals surface area contributed by atoms with Gasteiger partial charge in [0.25, 0.3) is 0 Å². The number of rotatable bonds is 3. The van der Waals surface area contributed by atoms with Crippen LogP contribution in [0.2, 0.25) is 0 Å². The van der Waals surface area contributed by atoms with Gasteiger partial charge in [0.15, 0.2) is 0 Å². The first-order valence-electron chi connectivity index (χ1n) is 9.45.